The molecule has 0 aromatic heterocycles. The monoisotopic (exact) mass is 257 g/mol. The van der Waals surface area contributed by atoms with Crippen molar-refractivity contribution in [2.45, 2.75) is 44.6 Å². The highest BCUT2D eigenvalue weighted by Crippen LogP contribution is 2.33. The van der Waals surface area contributed by atoms with E-state index in [1.54, 1.807) is 0 Å². The van der Waals surface area contributed by atoms with Gasteiger partial charge in [0.15, 0.2) is 0 Å². The van der Waals surface area contributed by atoms with E-state index in [0.717, 1.165) is 45.6 Å². The number of hydrogen-bond acceptors (Lipinski definition) is 4. The zero-order valence-corrected chi connectivity index (χ0v) is 11.3. The molecule has 0 saturated carbocycles. The second-order valence-electron chi connectivity index (χ2n) is 5.90. The second kappa shape index (κ2) is 6.85. The lowest BCUT2D eigenvalue weighted by atomic mass is 9.79. The molecule has 2 heterocycles. The molecule has 0 spiro atoms. The highest BCUT2D eigenvalue weighted by molar-refractivity contribution is 4.88. The molecule has 4 heteroatoms. The lowest BCUT2D eigenvalue weighted by molar-refractivity contribution is -0.0467. The van der Waals surface area contributed by atoms with Crippen LogP contribution in [0.5, 0.6) is 0 Å². The number of hydrogen-bond donors (Lipinski definition) is 2. The van der Waals surface area contributed by atoms with Crippen LogP contribution in [0.3, 0.4) is 0 Å². The van der Waals surface area contributed by atoms with Crippen LogP contribution >= 0.6 is 0 Å². The summed E-state index contributed by atoms with van der Waals surface area (Å²) >= 11 is 0. The summed E-state index contributed by atoms with van der Waals surface area (Å²) in [5, 5.41) is 18.9. The molecule has 106 valence electrons. The molecule has 1 atom stereocenters. The maximum Gasteiger partial charge on any atom is 0.0501 e. The fourth-order valence-electron chi connectivity index (χ4n) is 3.35. The van der Waals surface area contributed by atoms with Gasteiger partial charge in [0, 0.05) is 37.8 Å². The minimum absolute atomic E-state index is 0.0310. The van der Waals surface area contributed by atoms with E-state index in [1.807, 2.05) is 0 Å². The van der Waals surface area contributed by atoms with Gasteiger partial charge in [-0.25, -0.2) is 0 Å². The minimum Gasteiger partial charge on any atom is -0.396 e. The quantitative estimate of drug-likeness (QED) is 0.772. The maximum atomic E-state index is 9.76. The summed E-state index contributed by atoms with van der Waals surface area (Å²) in [4.78, 5) is 2.50. The van der Waals surface area contributed by atoms with Gasteiger partial charge in [-0.1, -0.05) is 6.42 Å². The van der Waals surface area contributed by atoms with Crippen LogP contribution in [0.25, 0.3) is 0 Å². The largest absolute Gasteiger partial charge is 0.396 e. The fraction of sp³-hybridized carbons (Fsp3) is 1.00. The lowest BCUT2D eigenvalue weighted by Crippen LogP contribution is -2.49. The highest BCUT2D eigenvalue weighted by Gasteiger charge is 2.36. The number of nitrogens with zero attached hydrogens (tertiary/aromatic N) is 1. The van der Waals surface area contributed by atoms with E-state index in [0.29, 0.717) is 6.04 Å². The Morgan fingerprint density at radius 3 is 2.61 bits per heavy atom. The first-order valence-electron chi connectivity index (χ1n) is 7.33. The Morgan fingerprint density at radius 2 is 1.94 bits per heavy atom. The number of rotatable bonds is 5. The van der Waals surface area contributed by atoms with E-state index in [1.165, 1.54) is 19.3 Å². The van der Waals surface area contributed by atoms with Crippen LogP contribution in [-0.2, 0) is 4.74 Å². The van der Waals surface area contributed by atoms with E-state index in [2.05, 4.69) is 4.90 Å². The first kappa shape index (κ1) is 14.3. The first-order chi connectivity index (χ1) is 8.79. The van der Waals surface area contributed by atoms with E-state index in [9.17, 15) is 5.11 Å². The Morgan fingerprint density at radius 1 is 1.17 bits per heavy atom. The van der Waals surface area contributed by atoms with Crippen molar-refractivity contribution in [3.63, 3.8) is 0 Å². The summed E-state index contributed by atoms with van der Waals surface area (Å²) in [6, 6.07) is 0.509. The van der Waals surface area contributed by atoms with Gasteiger partial charge < -0.3 is 14.9 Å². The van der Waals surface area contributed by atoms with Crippen LogP contribution in [0, 0.1) is 5.41 Å². The third-order valence-electron chi connectivity index (χ3n) is 4.64. The Balaban J connectivity index is 1.95. The first-order valence-corrected chi connectivity index (χ1v) is 7.33. The number of piperidine rings is 1. The summed E-state index contributed by atoms with van der Waals surface area (Å²) in [5.74, 6) is 0. The van der Waals surface area contributed by atoms with Crippen molar-refractivity contribution in [1.29, 1.82) is 0 Å². The van der Waals surface area contributed by atoms with E-state index < -0.39 is 0 Å². The number of aliphatic hydroxyl groups is 2. The standard InChI is InChI=1S/C14H27NO3/c16-8-4-13-3-1-2-7-15(13)11-14(12-17)5-9-18-10-6-14/h13,16-17H,1-12H2. The van der Waals surface area contributed by atoms with Crippen molar-refractivity contribution in [2.75, 3.05) is 39.5 Å². The predicted molar refractivity (Wildman–Crippen MR) is 70.5 cm³/mol. The zero-order chi connectivity index (χ0) is 12.8. The minimum atomic E-state index is 0.0310. The predicted octanol–water partition coefficient (Wildman–Crippen LogP) is 1.01. The lowest BCUT2D eigenvalue weighted by Gasteiger charge is -2.44. The molecule has 4 nitrogen and oxygen atoms in total. The molecule has 2 fully saturated rings. The van der Waals surface area contributed by atoms with Crippen LogP contribution in [0.15, 0.2) is 0 Å². The Kier molecular flexibility index (Phi) is 5.42. The Bertz CT molecular complexity index is 239. The maximum absolute atomic E-state index is 9.76. The van der Waals surface area contributed by atoms with Crippen molar-refractivity contribution >= 4 is 0 Å². The van der Waals surface area contributed by atoms with Crippen molar-refractivity contribution in [3.05, 3.63) is 0 Å². The number of likely N-dealkylation sites (tertiary alicyclic amines) is 1. The van der Waals surface area contributed by atoms with Gasteiger partial charge in [-0.2, -0.15) is 0 Å². The molecule has 2 aliphatic heterocycles. The van der Waals surface area contributed by atoms with Crippen molar-refractivity contribution < 1.29 is 14.9 Å². The molecule has 2 saturated heterocycles. The van der Waals surface area contributed by atoms with Crippen LogP contribution in [0.1, 0.15) is 38.5 Å². The van der Waals surface area contributed by atoms with Gasteiger partial charge in [-0.05, 0) is 38.6 Å². The summed E-state index contributed by atoms with van der Waals surface area (Å²) in [7, 11) is 0. The van der Waals surface area contributed by atoms with E-state index >= 15 is 0 Å². The average molecular weight is 257 g/mol. The average Bonchev–Trinajstić information content (AvgIpc) is 2.42. The molecule has 2 aliphatic rings. The topological polar surface area (TPSA) is 52.9 Å². The molecular weight excluding hydrogens is 230 g/mol. The normalized spacial score (nSPS) is 29.3. The number of aliphatic hydroxyl groups excluding tert-OH is 2. The van der Waals surface area contributed by atoms with Gasteiger partial charge in [0.1, 0.15) is 0 Å². The third kappa shape index (κ3) is 3.44. The summed E-state index contributed by atoms with van der Waals surface area (Å²) in [6.45, 7) is 4.18. The van der Waals surface area contributed by atoms with Crippen molar-refractivity contribution in [1.82, 2.24) is 4.90 Å². The van der Waals surface area contributed by atoms with Gasteiger partial charge in [0.05, 0.1) is 6.61 Å². The van der Waals surface area contributed by atoms with Gasteiger partial charge in [-0.15, -0.1) is 0 Å². The Labute approximate surface area is 110 Å². The molecule has 0 aromatic carbocycles. The SMILES string of the molecule is OCCC1CCCCN1CC1(CO)CCOCC1. The molecule has 0 amide bonds. The molecule has 1 unspecified atom stereocenters. The van der Waals surface area contributed by atoms with E-state index in [4.69, 9.17) is 9.84 Å². The van der Waals surface area contributed by atoms with Gasteiger partial charge in [-0.3, -0.25) is 4.90 Å². The molecule has 0 aromatic rings. The van der Waals surface area contributed by atoms with Crippen LogP contribution in [0.4, 0.5) is 0 Å². The number of ether oxygens (including phenoxy) is 1. The molecule has 0 aliphatic carbocycles. The molecular formula is C14H27NO3. The van der Waals surface area contributed by atoms with Gasteiger partial charge >= 0.3 is 0 Å². The fourth-order valence-corrected chi connectivity index (χ4v) is 3.35. The van der Waals surface area contributed by atoms with Crippen LogP contribution in [-0.4, -0.2) is 60.7 Å². The van der Waals surface area contributed by atoms with Gasteiger partial charge in [0.25, 0.3) is 0 Å². The second-order valence-corrected chi connectivity index (χ2v) is 5.90. The van der Waals surface area contributed by atoms with Crippen LogP contribution in [0.2, 0.25) is 0 Å². The smallest absolute Gasteiger partial charge is 0.0501 e. The molecule has 18 heavy (non-hydrogen) atoms. The summed E-state index contributed by atoms with van der Waals surface area (Å²) in [6.07, 6.45) is 6.52. The summed E-state index contributed by atoms with van der Waals surface area (Å²) < 4.78 is 5.42. The van der Waals surface area contributed by atoms with E-state index in [-0.39, 0.29) is 18.6 Å². The molecule has 0 radical (unpaired) electrons. The molecule has 2 rings (SSSR count). The van der Waals surface area contributed by atoms with Crippen molar-refractivity contribution in [3.8, 4) is 0 Å². The van der Waals surface area contributed by atoms with Crippen LogP contribution < -0.4 is 0 Å². The molecule has 2 N–H and O–H groups in total. The molecule has 0 bridgehead atoms. The zero-order valence-electron chi connectivity index (χ0n) is 11.3. The third-order valence-corrected chi connectivity index (χ3v) is 4.64. The summed E-state index contributed by atoms with van der Waals surface area (Å²) in [5.41, 5.74) is 0.0310. The highest BCUT2D eigenvalue weighted by atomic mass is 16.5. The van der Waals surface area contributed by atoms with Gasteiger partial charge in [0.2, 0.25) is 0 Å². The van der Waals surface area contributed by atoms with Crippen molar-refractivity contribution in [2.24, 2.45) is 5.41 Å². The Hall–Kier alpha value is -0.160.